The van der Waals surface area contributed by atoms with Crippen LogP contribution in [0.2, 0.25) is 0 Å². The summed E-state index contributed by atoms with van der Waals surface area (Å²) in [7, 11) is 1.48. The van der Waals surface area contributed by atoms with E-state index >= 15 is 0 Å². The Kier molecular flexibility index (Phi) is 5.09. The van der Waals surface area contributed by atoms with Crippen LogP contribution in [0.4, 0.5) is 4.39 Å². The van der Waals surface area contributed by atoms with Gasteiger partial charge >= 0.3 is 0 Å². The Balaban J connectivity index is 2.12. The van der Waals surface area contributed by atoms with Crippen LogP contribution in [0.15, 0.2) is 42.5 Å². The first-order valence-electron chi connectivity index (χ1n) is 8.22. The normalized spacial score (nSPS) is 10.8. The van der Waals surface area contributed by atoms with Crippen LogP contribution in [-0.4, -0.2) is 34.8 Å². The summed E-state index contributed by atoms with van der Waals surface area (Å²) in [5.41, 5.74) is 1.47. The molecule has 0 aliphatic heterocycles. The number of amides is 1. The molecule has 1 amide bonds. The molecular weight excluding hydrogens is 335 g/mol. The zero-order valence-corrected chi connectivity index (χ0v) is 14.6. The second-order valence-electron chi connectivity index (χ2n) is 5.79. The van der Waals surface area contributed by atoms with Crippen LogP contribution in [-0.2, 0) is 0 Å². The zero-order chi connectivity index (χ0) is 18.7. The maximum Gasteiger partial charge on any atom is 0.288 e. The Labute approximate surface area is 150 Å². The fourth-order valence-electron chi connectivity index (χ4n) is 2.80. The summed E-state index contributed by atoms with van der Waals surface area (Å²) in [6.45, 7) is 2.35. The van der Waals surface area contributed by atoms with Gasteiger partial charge in [0.15, 0.2) is 5.69 Å². The van der Waals surface area contributed by atoms with E-state index in [2.05, 4.69) is 10.2 Å². The van der Waals surface area contributed by atoms with E-state index in [0.717, 1.165) is 11.4 Å². The highest BCUT2D eigenvalue weighted by atomic mass is 19.1. The maximum absolute atomic E-state index is 14.4. The van der Waals surface area contributed by atoms with E-state index in [1.54, 1.807) is 36.4 Å². The number of carbonyl (C=O) groups excluding carboxylic acids is 1. The van der Waals surface area contributed by atoms with E-state index in [-0.39, 0.29) is 5.69 Å². The van der Waals surface area contributed by atoms with Crippen molar-refractivity contribution >= 4 is 16.8 Å². The van der Waals surface area contributed by atoms with E-state index in [0.29, 0.717) is 34.3 Å². The minimum absolute atomic E-state index is 0.145. The number of nitrogens with zero attached hydrogens (tertiary/aromatic N) is 3. The van der Waals surface area contributed by atoms with Crippen molar-refractivity contribution in [2.24, 2.45) is 5.84 Å². The molecular formula is C19H19FN4O2. The molecule has 6 nitrogen and oxygen atoms in total. The van der Waals surface area contributed by atoms with Gasteiger partial charge in [-0.25, -0.2) is 10.2 Å². The van der Waals surface area contributed by atoms with Crippen LogP contribution in [0.3, 0.4) is 0 Å². The van der Waals surface area contributed by atoms with Gasteiger partial charge in [-0.05, 0) is 24.6 Å². The molecule has 0 aliphatic carbocycles. The molecule has 0 atom stereocenters. The molecule has 0 bridgehead atoms. The van der Waals surface area contributed by atoms with Crippen LogP contribution in [0.5, 0.6) is 5.75 Å². The average molecular weight is 354 g/mol. The molecule has 0 fully saturated rings. The van der Waals surface area contributed by atoms with Crippen molar-refractivity contribution in [3.63, 3.8) is 0 Å². The quantitative estimate of drug-likeness (QED) is 0.432. The molecule has 0 aliphatic rings. The summed E-state index contributed by atoms with van der Waals surface area (Å²) in [6.07, 6.45) is 0.737. The lowest BCUT2D eigenvalue weighted by Crippen LogP contribution is -2.38. The highest BCUT2D eigenvalue weighted by molar-refractivity contribution is 5.99. The summed E-state index contributed by atoms with van der Waals surface area (Å²) in [4.78, 5) is 12.3. The topological polar surface area (TPSA) is 81.3 Å². The van der Waals surface area contributed by atoms with Gasteiger partial charge in [0.1, 0.15) is 17.1 Å². The van der Waals surface area contributed by atoms with Gasteiger partial charge in [-0.15, -0.1) is 10.2 Å². The number of ether oxygens (including phenoxy) is 1. The number of aromatic nitrogens is 2. The number of hydrogen-bond donors (Lipinski definition) is 1. The molecule has 134 valence electrons. The molecule has 2 N–H and O–H groups in total. The van der Waals surface area contributed by atoms with Crippen molar-refractivity contribution in [1.29, 1.82) is 0 Å². The van der Waals surface area contributed by atoms with Gasteiger partial charge in [-0.2, -0.15) is 0 Å². The number of hydrogen-bond acceptors (Lipinski definition) is 5. The Hall–Kier alpha value is -3.06. The smallest absolute Gasteiger partial charge is 0.288 e. The lowest BCUT2D eigenvalue weighted by molar-refractivity contribution is 0.0748. The van der Waals surface area contributed by atoms with Crippen molar-refractivity contribution in [2.45, 2.75) is 13.3 Å². The first-order valence-corrected chi connectivity index (χ1v) is 8.22. The molecule has 0 saturated carbocycles. The van der Waals surface area contributed by atoms with Crippen LogP contribution in [0.1, 0.15) is 23.8 Å². The van der Waals surface area contributed by atoms with Crippen molar-refractivity contribution in [2.75, 3.05) is 13.7 Å². The molecule has 0 radical (unpaired) electrons. The molecule has 26 heavy (non-hydrogen) atoms. The lowest BCUT2D eigenvalue weighted by Gasteiger charge is -2.15. The first-order chi connectivity index (χ1) is 12.6. The predicted molar refractivity (Wildman–Crippen MR) is 97.0 cm³/mol. The third-order valence-electron chi connectivity index (χ3n) is 4.03. The summed E-state index contributed by atoms with van der Waals surface area (Å²) in [5, 5.41) is 9.93. The molecule has 0 unspecified atom stereocenters. The highest BCUT2D eigenvalue weighted by Crippen LogP contribution is 2.36. The molecule has 1 heterocycles. The Morgan fingerprint density at radius 1 is 1.23 bits per heavy atom. The van der Waals surface area contributed by atoms with Gasteiger partial charge in [-0.1, -0.05) is 31.2 Å². The highest BCUT2D eigenvalue weighted by Gasteiger charge is 2.18. The molecule has 0 saturated heterocycles. The number of hydrazine groups is 1. The number of methoxy groups -OCH3 is 1. The molecule has 2 aromatic carbocycles. The lowest BCUT2D eigenvalue weighted by atomic mass is 10.0. The fourth-order valence-corrected chi connectivity index (χ4v) is 2.80. The maximum atomic E-state index is 14.4. The van der Waals surface area contributed by atoms with Crippen molar-refractivity contribution in [1.82, 2.24) is 15.2 Å². The standard InChI is InChI=1S/C19H19FN4O2/c1-3-10-24(21)19(25)15-11-12-6-4-7-13(18(12)23-22-15)17-14(20)8-5-9-16(17)26-2/h4-9,11H,3,10,21H2,1-2H3. The minimum Gasteiger partial charge on any atom is -0.496 e. The summed E-state index contributed by atoms with van der Waals surface area (Å²) in [6, 6.07) is 11.5. The Morgan fingerprint density at radius 2 is 2.00 bits per heavy atom. The van der Waals surface area contributed by atoms with Gasteiger partial charge in [0, 0.05) is 17.5 Å². The number of benzene rings is 2. The number of halogens is 1. The molecule has 0 spiro atoms. The second-order valence-corrected chi connectivity index (χ2v) is 5.79. The minimum atomic E-state index is -0.421. The fraction of sp³-hybridized carbons (Fsp3) is 0.211. The molecule has 1 aromatic heterocycles. The van der Waals surface area contributed by atoms with Crippen molar-refractivity contribution in [3.8, 4) is 16.9 Å². The number of rotatable bonds is 5. The van der Waals surface area contributed by atoms with Crippen molar-refractivity contribution in [3.05, 3.63) is 54.0 Å². The number of carbonyl (C=O) groups is 1. The summed E-state index contributed by atoms with van der Waals surface area (Å²) < 4.78 is 19.7. The SMILES string of the molecule is CCCN(N)C(=O)c1cc2cccc(-c3c(F)cccc3OC)c2nn1. The third-order valence-corrected chi connectivity index (χ3v) is 4.03. The van der Waals surface area contributed by atoms with Gasteiger partial charge in [0.25, 0.3) is 5.91 Å². The monoisotopic (exact) mass is 354 g/mol. The van der Waals surface area contributed by atoms with Crippen molar-refractivity contribution < 1.29 is 13.9 Å². The van der Waals surface area contributed by atoms with Gasteiger partial charge in [0.05, 0.1) is 12.7 Å². The predicted octanol–water partition coefficient (Wildman–Crippen LogP) is 3.17. The van der Waals surface area contributed by atoms with Crippen LogP contribution < -0.4 is 10.6 Å². The summed E-state index contributed by atoms with van der Waals surface area (Å²) >= 11 is 0. The Bertz CT molecular complexity index is 961. The van der Waals surface area contributed by atoms with Crippen LogP contribution >= 0.6 is 0 Å². The summed E-state index contributed by atoms with van der Waals surface area (Å²) in [5.74, 6) is 5.30. The average Bonchev–Trinajstić information content (AvgIpc) is 2.66. The van der Waals surface area contributed by atoms with E-state index in [1.165, 1.54) is 13.2 Å². The van der Waals surface area contributed by atoms with Gasteiger partial charge < -0.3 is 4.74 Å². The van der Waals surface area contributed by atoms with Gasteiger partial charge in [0.2, 0.25) is 0 Å². The second kappa shape index (κ2) is 7.45. The zero-order valence-electron chi connectivity index (χ0n) is 14.6. The number of fused-ring (bicyclic) bond motifs is 1. The van der Waals surface area contributed by atoms with E-state index in [1.807, 2.05) is 6.92 Å². The Morgan fingerprint density at radius 3 is 2.73 bits per heavy atom. The third kappa shape index (κ3) is 3.21. The van der Waals surface area contributed by atoms with Crippen LogP contribution in [0.25, 0.3) is 22.0 Å². The molecule has 7 heteroatoms. The van der Waals surface area contributed by atoms with Gasteiger partial charge in [-0.3, -0.25) is 9.80 Å². The first kappa shape index (κ1) is 17.8. The van der Waals surface area contributed by atoms with Crippen LogP contribution in [0, 0.1) is 5.82 Å². The molecule has 3 rings (SSSR count). The molecule has 3 aromatic rings. The largest absolute Gasteiger partial charge is 0.496 e. The van der Waals surface area contributed by atoms with E-state index in [4.69, 9.17) is 10.6 Å². The van der Waals surface area contributed by atoms with E-state index < -0.39 is 11.7 Å². The van der Waals surface area contributed by atoms with E-state index in [9.17, 15) is 9.18 Å². The number of nitrogens with two attached hydrogens (primary N) is 1.